The number of nitrogens with zero attached hydrogens (tertiary/aromatic N) is 1. The third kappa shape index (κ3) is 2.82. The molecule has 2 aliphatic heterocycles. The summed E-state index contributed by atoms with van der Waals surface area (Å²) in [4.78, 5) is 26.2. The summed E-state index contributed by atoms with van der Waals surface area (Å²) in [5, 5.41) is 4.95. The minimum absolute atomic E-state index is 0.0464. The first-order valence-electron chi connectivity index (χ1n) is 7.95. The maximum absolute atomic E-state index is 12.0. The van der Waals surface area contributed by atoms with Gasteiger partial charge in [-0.25, -0.2) is 0 Å². The first kappa shape index (κ1) is 16.6. The molecule has 1 aromatic carbocycles. The molecule has 6 heteroatoms. The highest BCUT2D eigenvalue weighted by Gasteiger charge is 2.34. The van der Waals surface area contributed by atoms with Crippen molar-refractivity contribution in [3.8, 4) is 0 Å². The van der Waals surface area contributed by atoms with Gasteiger partial charge >= 0.3 is 0 Å². The van der Waals surface area contributed by atoms with Gasteiger partial charge in [0.1, 0.15) is 5.57 Å². The number of fused-ring (bicyclic) bond motifs is 1. The van der Waals surface area contributed by atoms with Crippen LogP contribution in [0.15, 0.2) is 23.8 Å². The molecule has 0 bridgehead atoms. The summed E-state index contributed by atoms with van der Waals surface area (Å²) >= 11 is 4.81. The van der Waals surface area contributed by atoms with E-state index in [1.165, 1.54) is 11.3 Å². The number of hydrogen-bond donors (Lipinski definition) is 2. The van der Waals surface area contributed by atoms with Crippen LogP contribution < -0.4 is 15.5 Å². The van der Waals surface area contributed by atoms with Crippen molar-refractivity contribution in [3.63, 3.8) is 0 Å². The third-order valence-electron chi connectivity index (χ3n) is 4.91. The summed E-state index contributed by atoms with van der Waals surface area (Å²) in [7, 11) is 2.10. The van der Waals surface area contributed by atoms with Crippen LogP contribution in [-0.4, -0.2) is 29.5 Å². The molecule has 0 spiro atoms. The van der Waals surface area contributed by atoms with Crippen molar-refractivity contribution in [2.75, 3.05) is 11.9 Å². The molecule has 0 unspecified atom stereocenters. The minimum Gasteiger partial charge on any atom is -0.369 e. The highest BCUT2D eigenvalue weighted by molar-refractivity contribution is 7.80. The van der Waals surface area contributed by atoms with Crippen molar-refractivity contribution in [3.05, 3.63) is 34.9 Å². The number of amides is 2. The van der Waals surface area contributed by atoms with E-state index in [9.17, 15) is 9.59 Å². The van der Waals surface area contributed by atoms with E-state index < -0.39 is 11.8 Å². The van der Waals surface area contributed by atoms with E-state index in [0.29, 0.717) is 5.92 Å². The Morgan fingerprint density at radius 1 is 1.25 bits per heavy atom. The average molecular weight is 343 g/mol. The zero-order valence-electron chi connectivity index (χ0n) is 14.3. The molecular weight excluding hydrogens is 322 g/mol. The lowest BCUT2D eigenvalue weighted by Gasteiger charge is -2.45. The Morgan fingerprint density at radius 3 is 2.50 bits per heavy atom. The van der Waals surface area contributed by atoms with E-state index >= 15 is 0 Å². The number of hydrogen-bond acceptors (Lipinski definition) is 4. The number of thiocarbonyl (C=S) groups is 1. The summed E-state index contributed by atoms with van der Waals surface area (Å²) in [5.41, 5.74) is 3.44. The van der Waals surface area contributed by atoms with E-state index in [0.717, 1.165) is 12.0 Å². The lowest BCUT2D eigenvalue weighted by atomic mass is 9.80. The van der Waals surface area contributed by atoms with Gasteiger partial charge in [-0.2, -0.15) is 0 Å². The number of rotatable bonds is 1. The molecule has 0 aromatic heterocycles. The zero-order valence-corrected chi connectivity index (χ0v) is 15.1. The van der Waals surface area contributed by atoms with Crippen LogP contribution in [0.5, 0.6) is 0 Å². The molecule has 1 saturated heterocycles. The van der Waals surface area contributed by atoms with E-state index in [2.05, 4.69) is 55.5 Å². The van der Waals surface area contributed by atoms with Crippen molar-refractivity contribution >= 4 is 40.9 Å². The van der Waals surface area contributed by atoms with Crippen molar-refractivity contribution in [1.82, 2.24) is 10.6 Å². The fourth-order valence-corrected chi connectivity index (χ4v) is 3.64. The van der Waals surface area contributed by atoms with Crippen molar-refractivity contribution in [1.29, 1.82) is 0 Å². The standard InChI is InChI=1S/C18H21N3O2S/c1-10-9-18(2,3)21(4)14-6-5-11(7-12(10)14)8-13-15(22)19-17(24)20-16(13)23/h5-8,10H,9H2,1-4H3,(H2,19,20,22,23,24)/t10-/m1/s1. The lowest BCUT2D eigenvalue weighted by Crippen LogP contribution is -2.51. The van der Waals surface area contributed by atoms with Gasteiger partial charge in [-0.3, -0.25) is 20.2 Å². The maximum Gasteiger partial charge on any atom is 0.263 e. The molecule has 0 radical (unpaired) electrons. The van der Waals surface area contributed by atoms with Gasteiger partial charge in [-0.05, 0) is 67.7 Å². The van der Waals surface area contributed by atoms with Gasteiger partial charge in [0, 0.05) is 18.3 Å². The molecule has 2 amide bonds. The Balaban J connectivity index is 1.99. The quantitative estimate of drug-likeness (QED) is 0.467. The summed E-state index contributed by atoms with van der Waals surface area (Å²) < 4.78 is 0. The second-order valence-electron chi connectivity index (χ2n) is 7.09. The third-order valence-corrected chi connectivity index (χ3v) is 5.12. The van der Waals surface area contributed by atoms with Gasteiger partial charge in [0.05, 0.1) is 0 Å². The molecule has 2 aliphatic rings. The fourth-order valence-electron chi connectivity index (χ4n) is 3.46. The molecule has 0 aliphatic carbocycles. The summed E-state index contributed by atoms with van der Waals surface area (Å²) in [6, 6.07) is 6.05. The first-order valence-corrected chi connectivity index (χ1v) is 8.36. The Bertz CT molecular complexity index is 760. The van der Waals surface area contributed by atoms with Crippen molar-refractivity contribution in [2.45, 2.75) is 38.6 Å². The van der Waals surface area contributed by atoms with Gasteiger partial charge in [-0.1, -0.05) is 13.0 Å². The zero-order chi connectivity index (χ0) is 17.6. The van der Waals surface area contributed by atoms with Gasteiger partial charge in [-0.15, -0.1) is 0 Å². The normalized spacial score (nSPS) is 22.7. The second kappa shape index (κ2) is 5.70. The largest absolute Gasteiger partial charge is 0.369 e. The highest BCUT2D eigenvalue weighted by atomic mass is 32.1. The molecule has 5 nitrogen and oxygen atoms in total. The molecule has 24 heavy (non-hydrogen) atoms. The lowest BCUT2D eigenvalue weighted by molar-refractivity contribution is -0.123. The number of carbonyl (C=O) groups is 2. The number of benzene rings is 1. The predicted octanol–water partition coefficient (Wildman–Crippen LogP) is 2.32. The first-order chi connectivity index (χ1) is 11.2. The van der Waals surface area contributed by atoms with Crippen LogP contribution in [0.1, 0.15) is 44.2 Å². The van der Waals surface area contributed by atoms with Crippen molar-refractivity contribution < 1.29 is 9.59 Å². The minimum atomic E-state index is -0.465. The number of carbonyl (C=O) groups excluding carboxylic acids is 2. The van der Waals surface area contributed by atoms with Crippen LogP contribution in [0, 0.1) is 0 Å². The van der Waals surface area contributed by atoms with Crippen LogP contribution in [0.25, 0.3) is 6.08 Å². The van der Waals surface area contributed by atoms with E-state index in [1.807, 2.05) is 6.07 Å². The summed E-state index contributed by atoms with van der Waals surface area (Å²) in [6.45, 7) is 6.69. The van der Waals surface area contributed by atoms with Gasteiger partial charge in [0.2, 0.25) is 0 Å². The maximum atomic E-state index is 12.0. The fraction of sp³-hybridized carbons (Fsp3) is 0.389. The van der Waals surface area contributed by atoms with Crippen LogP contribution in [0.2, 0.25) is 0 Å². The molecule has 3 rings (SSSR count). The van der Waals surface area contributed by atoms with E-state index in [-0.39, 0.29) is 16.2 Å². The molecule has 126 valence electrons. The van der Waals surface area contributed by atoms with Gasteiger partial charge < -0.3 is 4.90 Å². The molecule has 2 heterocycles. The number of nitrogens with one attached hydrogen (secondary N) is 2. The van der Waals surface area contributed by atoms with Crippen LogP contribution in [0.4, 0.5) is 5.69 Å². The summed E-state index contributed by atoms with van der Waals surface area (Å²) in [5.74, 6) is -0.522. The molecule has 1 atom stereocenters. The van der Waals surface area contributed by atoms with Crippen molar-refractivity contribution in [2.24, 2.45) is 0 Å². The molecular formula is C18H21N3O2S. The van der Waals surface area contributed by atoms with Crippen LogP contribution in [0.3, 0.4) is 0 Å². The Kier molecular flexibility index (Phi) is 3.95. The van der Waals surface area contributed by atoms with Crippen LogP contribution in [-0.2, 0) is 9.59 Å². The molecule has 0 saturated carbocycles. The molecule has 1 fully saturated rings. The predicted molar refractivity (Wildman–Crippen MR) is 98.8 cm³/mol. The van der Waals surface area contributed by atoms with Gasteiger partial charge in [0.25, 0.3) is 11.8 Å². The monoisotopic (exact) mass is 343 g/mol. The molecule has 2 N–H and O–H groups in total. The average Bonchev–Trinajstić information content (AvgIpc) is 2.48. The topological polar surface area (TPSA) is 61.4 Å². The Hall–Kier alpha value is -2.21. The SMILES string of the molecule is C[C@@H]1CC(C)(C)N(C)c2ccc(C=C3C(=O)NC(=S)NC3=O)cc21. The Morgan fingerprint density at radius 2 is 1.88 bits per heavy atom. The highest BCUT2D eigenvalue weighted by Crippen LogP contribution is 2.42. The second-order valence-corrected chi connectivity index (χ2v) is 7.50. The van der Waals surface area contributed by atoms with Crippen LogP contribution >= 0.6 is 12.2 Å². The smallest absolute Gasteiger partial charge is 0.263 e. The van der Waals surface area contributed by atoms with E-state index in [1.54, 1.807) is 6.08 Å². The summed E-state index contributed by atoms with van der Waals surface area (Å²) in [6.07, 6.45) is 2.66. The van der Waals surface area contributed by atoms with E-state index in [4.69, 9.17) is 12.2 Å². The molecule has 1 aromatic rings. The van der Waals surface area contributed by atoms with Gasteiger partial charge in [0.15, 0.2) is 5.11 Å². The Labute approximate surface area is 147 Å². The number of anilines is 1.